The van der Waals surface area contributed by atoms with Gasteiger partial charge in [0.05, 0.1) is 10.3 Å². The molecule has 0 radical (unpaired) electrons. The van der Waals surface area contributed by atoms with E-state index in [1.165, 1.54) is 0 Å². The first-order valence-corrected chi connectivity index (χ1v) is 6.96. The molecule has 0 bridgehead atoms. The summed E-state index contributed by atoms with van der Waals surface area (Å²) in [6, 6.07) is 1.57. The molecule has 1 fully saturated rings. The zero-order valence-electron chi connectivity index (χ0n) is 10.7. The number of rotatable bonds is 4. The zero-order chi connectivity index (χ0) is 14.0. The quantitative estimate of drug-likeness (QED) is 0.677. The van der Waals surface area contributed by atoms with Crippen molar-refractivity contribution in [2.45, 2.75) is 26.3 Å². The highest BCUT2D eigenvalue weighted by Gasteiger charge is 2.37. The molecule has 0 spiro atoms. The Balaban J connectivity index is 2.02. The van der Waals surface area contributed by atoms with Crippen molar-refractivity contribution in [3.8, 4) is 0 Å². The second kappa shape index (κ2) is 5.26. The molecule has 0 saturated carbocycles. The molecule has 19 heavy (non-hydrogen) atoms. The number of hydrogen-bond donors (Lipinski definition) is 1. The van der Waals surface area contributed by atoms with Gasteiger partial charge in [-0.05, 0) is 31.9 Å². The van der Waals surface area contributed by atoms with E-state index in [1.807, 2.05) is 0 Å². The van der Waals surface area contributed by atoms with E-state index in [4.69, 9.17) is 0 Å². The van der Waals surface area contributed by atoms with Crippen LogP contribution in [0.15, 0.2) is 11.4 Å². The van der Waals surface area contributed by atoms with Gasteiger partial charge >= 0.3 is 11.0 Å². The van der Waals surface area contributed by atoms with Crippen molar-refractivity contribution in [2.75, 3.05) is 13.1 Å². The van der Waals surface area contributed by atoms with Crippen molar-refractivity contribution in [2.24, 2.45) is 5.41 Å². The number of nitro groups is 1. The predicted molar refractivity (Wildman–Crippen MR) is 71.2 cm³/mol. The maximum atomic E-state index is 11.3. The molecule has 1 aromatic heterocycles. The van der Waals surface area contributed by atoms with Gasteiger partial charge in [-0.25, -0.2) is 0 Å². The molecule has 104 valence electrons. The molecule has 1 unspecified atom stereocenters. The molecule has 1 N–H and O–H groups in total. The Bertz CT molecular complexity index is 502. The summed E-state index contributed by atoms with van der Waals surface area (Å²) in [5, 5.41) is 21.8. The SMILES string of the molecule is CC1(C(=O)O)CCCN(Cc2csc([N+](=O)[O-])c2)C1. The van der Waals surface area contributed by atoms with Crippen LogP contribution in [0, 0.1) is 15.5 Å². The Labute approximate surface area is 114 Å². The van der Waals surface area contributed by atoms with E-state index in [1.54, 1.807) is 18.4 Å². The predicted octanol–water partition coefficient (Wildman–Crippen LogP) is 2.34. The van der Waals surface area contributed by atoms with E-state index < -0.39 is 16.3 Å². The summed E-state index contributed by atoms with van der Waals surface area (Å²) in [7, 11) is 0. The van der Waals surface area contributed by atoms with Gasteiger partial charge in [0.15, 0.2) is 0 Å². The molecule has 1 atom stereocenters. The lowest BCUT2D eigenvalue weighted by Gasteiger charge is -2.37. The summed E-state index contributed by atoms with van der Waals surface area (Å²) < 4.78 is 0. The first-order valence-electron chi connectivity index (χ1n) is 6.08. The third-order valence-electron chi connectivity index (χ3n) is 3.52. The molecule has 7 heteroatoms. The Morgan fingerprint density at radius 2 is 2.42 bits per heavy atom. The van der Waals surface area contributed by atoms with Gasteiger partial charge in [-0.2, -0.15) is 0 Å². The zero-order valence-corrected chi connectivity index (χ0v) is 11.5. The van der Waals surface area contributed by atoms with Crippen LogP contribution < -0.4 is 0 Å². The lowest BCUT2D eigenvalue weighted by Crippen LogP contribution is -2.45. The minimum atomic E-state index is -0.770. The van der Waals surface area contributed by atoms with Crippen molar-refractivity contribution >= 4 is 22.3 Å². The van der Waals surface area contributed by atoms with Gasteiger partial charge in [-0.15, -0.1) is 0 Å². The van der Waals surface area contributed by atoms with Gasteiger partial charge in [0.25, 0.3) is 0 Å². The highest BCUT2D eigenvalue weighted by atomic mass is 32.1. The van der Waals surface area contributed by atoms with E-state index in [0.717, 1.165) is 29.9 Å². The number of carboxylic acid groups (broad SMARTS) is 1. The number of hydrogen-bond acceptors (Lipinski definition) is 5. The third-order valence-corrected chi connectivity index (χ3v) is 4.45. The summed E-state index contributed by atoms with van der Waals surface area (Å²) >= 11 is 1.11. The number of thiophene rings is 1. The normalized spacial score (nSPS) is 24.3. The molecule has 2 heterocycles. The van der Waals surface area contributed by atoms with Crippen molar-refractivity contribution in [3.63, 3.8) is 0 Å². The lowest BCUT2D eigenvalue weighted by molar-refractivity contribution is -0.380. The summed E-state index contributed by atoms with van der Waals surface area (Å²) in [6.07, 6.45) is 1.53. The Morgan fingerprint density at radius 3 is 3.00 bits per heavy atom. The van der Waals surface area contributed by atoms with Gasteiger partial charge in [0.2, 0.25) is 0 Å². The summed E-state index contributed by atoms with van der Waals surface area (Å²) in [4.78, 5) is 23.5. The second-order valence-electron chi connectivity index (χ2n) is 5.23. The van der Waals surface area contributed by atoms with Crippen LogP contribution in [-0.4, -0.2) is 34.0 Å². The molecule has 0 amide bonds. The number of nitrogens with zero attached hydrogens (tertiary/aromatic N) is 2. The largest absolute Gasteiger partial charge is 0.481 e. The van der Waals surface area contributed by atoms with E-state index in [2.05, 4.69) is 4.90 Å². The molecule has 1 aliphatic heterocycles. The number of piperidine rings is 1. The topological polar surface area (TPSA) is 83.7 Å². The molecule has 0 aromatic carbocycles. The van der Waals surface area contributed by atoms with E-state index in [-0.39, 0.29) is 5.00 Å². The number of aliphatic carboxylic acids is 1. The molecular formula is C12H16N2O4S. The Hall–Kier alpha value is -1.47. The van der Waals surface area contributed by atoms with Crippen LogP contribution in [0.4, 0.5) is 5.00 Å². The fraction of sp³-hybridized carbons (Fsp3) is 0.583. The minimum Gasteiger partial charge on any atom is -0.481 e. The maximum Gasteiger partial charge on any atom is 0.324 e. The van der Waals surface area contributed by atoms with Crippen molar-refractivity contribution in [3.05, 3.63) is 27.1 Å². The highest BCUT2D eigenvalue weighted by molar-refractivity contribution is 7.13. The first kappa shape index (κ1) is 14.0. The number of carbonyl (C=O) groups is 1. The summed E-state index contributed by atoms with van der Waals surface area (Å²) in [5.41, 5.74) is 0.173. The average molecular weight is 284 g/mol. The van der Waals surface area contributed by atoms with Crippen LogP contribution in [0.3, 0.4) is 0 Å². The van der Waals surface area contributed by atoms with E-state index in [9.17, 15) is 20.0 Å². The fourth-order valence-corrected chi connectivity index (χ4v) is 3.17. The van der Waals surface area contributed by atoms with Crippen molar-refractivity contribution in [1.29, 1.82) is 0 Å². The van der Waals surface area contributed by atoms with Crippen LogP contribution in [-0.2, 0) is 11.3 Å². The smallest absolute Gasteiger partial charge is 0.324 e. The first-order chi connectivity index (χ1) is 8.90. The molecule has 1 saturated heterocycles. The highest BCUT2D eigenvalue weighted by Crippen LogP contribution is 2.31. The van der Waals surface area contributed by atoms with E-state index in [0.29, 0.717) is 19.5 Å². The Morgan fingerprint density at radius 1 is 1.68 bits per heavy atom. The van der Waals surface area contributed by atoms with Gasteiger partial charge in [0.1, 0.15) is 0 Å². The number of carboxylic acids is 1. The van der Waals surface area contributed by atoms with Gasteiger partial charge in [-0.3, -0.25) is 19.8 Å². The minimum absolute atomic E-state index is 0.132. The molecule has 1 aliphatic rings. The van der Waals surface area contributed by atoms with E-state index >= 15 is 0 Å². The molecule has 2 rings (SSSR count). The van der Waals surface area contributed by atoms with Gasteiger partial charge in [0, 0.05) is 24.5 Å². The fourth-order valence-electron chi connectivity index (χ4n) is 2.45. The lowest BCUT2D eigenvalue weighted by atomic mass is 9.82. The van der Waals surface area contributed by atoms with Gasteiger partial charge < -0.3 is 5.11 Å². The number of likely N-dealkylation sites (tertiary alicyclic amines) is 1. The van der Waals surface area contributed by atoms with Crippen LogP contribution in [0.1, 0.15) is 25.3 Å². The molecule has 0 aliphatic carbocycles. The molecular weight excluding hydrogens is 268 g/mol. The van der Waals surface area contributed by atoms with Gasteiger partial charge in [-0.1, -0.05) is 11.3 Å². The van der Waals surface area contributed by atoms with Crippen LogP contribution in [0.25, 0.3) is 0 Å². The van der Waals surface area contributed by atoms with Crippen molar-refractivity contribution < 1.29 is 14.8 Å². The average Bonchev–Trinajstić information content (AvgIpc) is 2.77. The van der Waals surface area contributed by atoms with Crippen LogP contribution >= 0.6 is 11.3 Å². The maximum absolute atomic E-state index is 11.3. The monoisotopic (exact) mass is 284 g/mol. The molecule has 1 aromatic rings. The standard InChI is InChI=1S/C12H16N2O4S/c1-12(11(15)16)3-2-4-13(8-12)6-9-5-10(14(17)18)19-7-9/h5,7H,2-4,6,8H2,1H3,(H,15,16). The molecule has 6 nitrogen and oxygen atoms in total. The Kier molecular flexibility index (Phi) is 3.86. The third kappa shape index (κ3) is 3.10. The summed E-state index contributed by atoms with van der Waals surface area (Å²) in [6.45, 7) is 3.67. The van der Waals surface area contributed by atoms with Crippen LogP contribution in [0.5, 0.6) is 0 Å². The van der Waals surface area contributed by atoms with Crippen molar-refractivity contribution in [1.82, 2.24) is 4.90 Å². The second-order valence-corrected chi connectivity index (χ2v) is 6.12. The summed E-state index contributed by atoms with van der Waals surface area (Å²) in [5.74, 6) is -0.770. The van der Waals surface area contributed by atoms with Crippen LogP contribution in [0.2, 0.25) is 0 Å².